The van der Waals surface area contributed by atoms with Crippen LogP contribution in [0.5, 0.6) is 0 Å². The molecule has 0 saturated carbocycles. The van der Waals surface area contributed by atoms with Crippen molar-refractivity contribution in [1.29, 1.82) is 0 Å². The van der Waals surface area contributed by atoms with Crippen molar-refractivity contribution in [2.24, 2.45) is 5.10 Å². The van der Waals surface area contributed by atoms with Gasteiger partial charge in [-0.1, -0.05) is 19.8 Å². The van der Waals surface area contributed by atoms with Crippen molar-refractivity contribution in [3.05, 3.63) is 0 Å². The standard InChI is InChI=1S/C14H27N3O/c1-4-5-6-7-14(18)16-15-13-8-10-17(11-9-13)12(2)3/h12H,4-11H2,1-3H3,(H,16,18). The fourth-order valence-electron chi connectivity index (χ4n) is 2.14. The molecule has 1 saturated heterocycles. The van der Waals surface area contributed by atoms with E-state index in [1.165, 1.54) is 0 Å². The summed E-state index contributed by atoms with van der Waals surface area (Å²) in [6.45, 7) is 8.69. The van der Waals surface area contributed by atoms with Crippen LogP contribution < -0.4 is 5.43 Å². The predicted octanol–water partition coefficient (Wildman–Crippen LogP) is 2.54. The van der Waals surface area contributed by atoms with Gasteiger partial charge in [-0.15, -0.1) is 0 Å². The largest absolute Gasteiger partial charge is 0.300 e. The molecule has 0 spiro atoms. The second-order valence-electron chi connectivity index (χ2n) is 5.30. The second kappa shape index (κ2) is 8.25. The molecule has 0 aromatic carbocycles. The summed E-state index contributed by atoms with van der Waals surface area (Å²) in [6, 6.07) is 0.607. The van der Waals surface area contributed by atoms with Gasteiger partial charge in [-0.25, -0.2) is 5.43 Å². The quantitative estimate of drug-likeness (QED) is 0.584. The Labute approximate surface area is 111 Å². The molecule has 0 radical (unpaired) electrons. The van der Waals surface area contributed by atoms with Gasteiger partial charge in [0.05, 0.1) is 0 Å². The number of piperidine rings is 1. The van der Waals surface area contributed by atoms with Crippen molar-refractivity contribution in [3.63, 3.8) is 0 Å². The molecule has 0 aliphatic carbocycles. The van der Waals surface area contributed by atoms with Crippen LogP contribution >= 0.6 is 0 Å². The number of likely N-dealkylation sites (tertiary alicyclic amines) is 1. The number of amides is 1. The van der Waals surface area contributed by atoms with Gasteiger partial charge in [-0.2, -0.15) is 5.10 Å². The van der Waals surface area contributed by atoms with Gasteiger partial charge in [0.25, 0.3) is 0 Å². The number of hydrazone groups is 1. The van der Waals surface area contributed by atoms with E-state index < -0.39 is 0 Å². The first kappa shape index (κ1) is 15.2. The van der Waals surface area contributed by atoms with Gasteiger partial charge < -0.3 is 4.90 Å². The number of unbranched alkanes of at least 4 members (excludes halogenated alkanes) is 2. The summed E-state index contributed by atoms with van der Waals surface area (Å²) in [5, 5.41) is 4.25. The minimum Gasteiger partial charge on any atom is -0.300 e. The number of carbonyl (C=O) groups excluding carboxylic acids is 1. The van der Waals surface area contributed by atoms with Gasteiger partial charge in [-0.3, -0.25) is 4.79 Å². The zero-order valence-corrected chi connectivity index (χ0v) is 12.0. The van der Waals surface area contributed by atoms with Crippen molar-refractivity contribution < 1.29 is 4.79 Å². The average Bonchev–Trinajstić information content (AvgIpc) is 2.37. The number of nitrogens with one attached hydrogen (secondary N) is 1. The molecule has 104 valence electrons. The molecule has 1 amide bonds. The molecule has 1 aliphatic rings. The van der Waals surface area contributed by atoms with Crippen LogP contribution in [-0.4, -0.2) is 35.7 Å². The van der Waals surface area contributed by atoms with Crippen LogP contribution in [0, 0.1) is 0 Å². The first-order chi connectivity index (χ1) is 8.63. The van der Waals surface area contributed by atoms with Gasteiger partial charge >= 0.3 is 0 Å². The lowest BCUT2D eigenvalue weighted by atomic mass is 10.1. The molecule has 18 heavy (non-hydrogen) atoms. The van der Waals surface area contributed by atoms with E-state index in [0.717, 1.165) is 50.9 Å². The summed E-state index contributed by atoms with van der Waals surface area (Å²) in [7, 11) is 0. The highest BCUT2D eigenvalue weighted by Crippen LogP contribution is 2.10. The van der Waals surface area contributed by atoms with Gasteiger partial charge in [-0.05, 0) is 20.3 Å². The fourth-order valence-corrected chi connectivity index (χ4v) is 2.14. The van der Waals surface area contributed by atoms with Crippen LogP contribution in [0.4, 0.5) is 0 Å². The summed E-state index contributed by atoms with van der Waals surface area (Å²) in [5.41, 5.74) is 3.82. The maximum absolute atomic E-state index is 11.5. The molecular formula is C14H27N3O. The highest BCUT2D eigenvalue weighted by Gasteiger charge is 2.17. The zero-order valence-electron chi connectivity index (χ0n) is 12.0. The molecule has 1 aliphatic heterocycles. The monoisotopic (exact) mass is 253 g/mol. The Morgan fingerprint density at radius 1 is 1.33 bits per heavy atom. The van der Waals surface area contributed by atoms with Crippen molar-refractivity contribution >= 4 is 11.6 Å². The Morgan fingerprint density at radius 2 is 2.00 bits per heavy atom. The van der Waals surface area contributed by atoms with Gasteiger partial charge in [0.2, 0.25) is 5.91 Å². The number of hydrogen-bond donors (Lipinski definition) is 1. The molecule has 0 aromatic heterocycles. The zero-order chi connectivity index (χ0) is 13.4. The third kappa shape index (κ3) is 5.63. The van der Waals surface area contributed by atoms with E-state index in [2.05, 4.69) is 36.2 Å². The number of hydrogen-bond acceptors (Lipinski definition) is 3. The number of nitrogens with zero attached hydrogens (tertiary/aromatic N) is 2. The van der Waals surface area contributed by atoms with Crippen molar-refractivity contribution in [1.82, 2.24) is 10.3 Å². The Morgan fingerprint density at radius 3 is 2.56 bits per heavy atom. The lowest BCUT2D eigenvalue weighted by Gasteiger charge is -2.30. The lowest BCUT2D eigenvalue weighted by molar-refractivity contribution is -0.121. The minimum atomic E-state index is 0.0576. The van der Waals surface area contributed by atoms with E-state index in [1.807, 2.05) is 0 Å². The van der Waals surface area contributed by atoms with Crippen LogP contribution in [0.2, 0.25) is 0 Å². The van der Waals surface area contributed by atoms with Gasteiger partial charge in [0.1, 0.15) is 0 Å². The fraction of sp³-hybridized carbons (Fsp3) is 0.857. The van der Waals surface area contributed by atoms with E-state index >= 15 is 0 Å². The van der Waals surface area contributed by atoms with Crippen molar-refractivity contribution in [2.75, 3.05) is 13.1 Å². The maximum Gasteiger partial charge on any atom is 0.240 e. The summed E-state index contributed by atoms with van der Waals surface area (Å²) in [5.74, 6) is 0.0576. The topological polar surface area (TPSA) is 44.7 Å². The third-order valence-electron chi connectivity index (χ3n) is 3.45. The average molecular weight is 253 g/mol. The van der Waals surface area contributed by atoms with E-state index in [9.17, 15) is 4.79 Å². The van der Waals surface area contributed by atoms with Crippen molar-refractivity contribution in [2.45, 2.75) is 65.3 Å². The first-order valence-corrected chi connectivity index (χ1v) is 7.21. The molecule has 1 fully saturated rings. The highest BCUT2D eigenvalue weighted by atomic mass is 16.2. The molecule has 0 unspecified atom stereocenters. The summed E-state index contributed by atoms with van der Waals surface area (Å²) < 4.78 is 0. The third-order valence-corrected chi connectivity index (χ3v) is 3.45. The van der Waals surface area contributed by atoms with Crippen LogP contribution in [0.1, 0.15) is 59.3 Å². The van der Waals surface area contributed by atoms with E-state index in [4.69, 9.17) is 0 Å². The second-order valence-corrected chi connectivity index (χ2v) is 5.30. The maximum atomic E-state index is 11.5. The normalized spacial score (nSPS) is 17.0. The van der Waals surface area contributed by atoms with Gasteiger partial charge in [0, 0.05) is 44.1 Å². The molecule has 1 N–H and O–H groups in total. The molecular weight excluding hydrogens is 226 g/mol. The van der Waals surface area contributed by atoms with Crippen molar-refractivity contribution in [3.8, 4) is 0 Å². The smallest absolute Gasteiger partial charge is 0.240 e. The Kier molecular flexibility index (Phi) is 6.94. The Hall–Kier alpha value is -0.900. The molecule has 0 bridgehead atoms. The van der Waals surface area contributed by atoms with Gasteiger partial charge in [0.15, 0.2) is 0 Å². The SMILES string of the molecule is CCCCCC(=O)NN=C1CCN(C(C)C)CC1. The predicted molar refractivity (Wildman–Crippen MR) is 75.7 cm³/mol. The molecule has 1 heterocycles. The van der Waals surface area contributed by atoms with Crippen LogP contribution in [-0.2, 0) is 4.79 Å². The molecule has 0 aromatic rings. The van der Waals surface area contributed by atoms with E-state index in [0.29, 0.717) is 12.5 Å². The highest BCUT2D eigenvalue weighted by molar-refractivity contribution is 5.87. The molecule has 4 heteroatoms. The summed E-state index contributed by atoms with van der Waals surface area (Å²) in [6.07, 6.45) is 5.79. The number of carbonyl (C=O) groups is 1. The minimum absolute atomic E-state index is 0.0576. The van der Waals surface area contributed by atoms with Crippen LogP contribution in [0.15, 0.2) is 5.10 Å². The molecule has 0 atom stereocenters. The summed E-state index contributed by atoms with van der Waals surface area (Å²) in [4.78, 5) is 14.0. The Bertz CT molecular complexity index is 277. The van der Waals surface area contributed by atoms with Crippen LogP contribution in [0.3, 0.4) is 0 Å². The summed E-state index contributed by atoms with van der Waals surface area (Å²) >= 11 is 0. The number of rotatable bonds is 6. The van der Waals surface area contributed by atoms with E-state index in [1.54, 1.807) is 0 Å². The first-order valence-electron chi connectivity index (χ1n) is 7.21. The molecule has 4 nitrogen and oxygen atoms in total. The lowest BCUT2D eigenvalue weighted by Crippen LogP contribution is -2.39. The van der Waals surface area contributed by atoms with E-state index in [-0.39, 0.29) is 5.91 Å². The Balaban J connectivity index is 2.21. The van der Waals surface area contributed by atoms with Crippen LogP contribution in [0.25, 0.3) is 0 Å². The molecule has 1 rings (SSSR count).